The molecule has 1 aliphatic heterocycles. The predicted octanol–water partition coefficient (Wildman–Crippen LogP) is 6.34. The summed E-state index contributed by atoms with van der Waals surface area (Å²) in [6.07, 6.45) is 14.3. The Kier molecular flexibility index (Phi) is 9.09. The number of allylic oxidation sites excluding steroid dienone is 1. The number of carbonyl (C=O) groups excluding carboxylic acids is 2. The number of hydrogen-bond donors (Lipinski definition) is 3. The van der Waals surface area contributed by atoms with Gasteiger partial charge in [-0.3, -0.25) is 14.3 Å². The molecule has 2 amide bonds. The number of halogens is 1. The number of nitrogens with two attached hydrogens (primary N) is 1. The number of carbonyl (C=O) groups is 2. The molecular formula is C35H39FN6O3. The van der Waals surface area contributed by atoms with Crippen LogP contribution < -0.4 is 21.1 Å². The van der Waals surface area contributed by atoms with Crippen molar-refractivity contribution in [3.8, 4) is 17.0 Å². The quantitative estimate of drug-likeness (QED) is 0.242. The zero-order valence-electron chi connectivity index (χ0n) is 25.5. The van der Waals surface area contributed by atoms with E-state index in [4.69, 9.17) is 15.6 Å². The van der Waals surface area contributed by atoms with Crippen molar-refractivity contribution in [2.75, 3.05) is 12.8 Å². The van der Waals surface area contributed by atoms with Gasteiger partial charge in [-0.15, -0.1) is 0 Å². The maximum absolute atomic E-state index is 13.8. The number of ether oxygens (including phenoxy) is 1. The van der Waals surface area contributed by atoms with Gasteiger partial charge >= 0.3 is 0 Å². The molecular weight excluding hydrogens is 571 g/mol. The van der Waals surface area contributed by atoms with Crippen LogP contribution in [0.2, 0.25) is 0 Å². The normalized spacial score (nSPS) is 19.6. The molecule has 1 aliphatic carbocycles. The number of anilines is 1. The van der Waals surface area contributed by atoms with E-state index in [0.29, 0.717) is 18.0 Å². The van der Waals surface area contributed by atoms with E-state index in [0.717, 1.165) is 90.7 Å². The van der Waals surface area contributed by atoms with Crippen molar-refractivity contribution in [2.24, 2.45) is 0 Å². The van der Waals surface area contributed by atoms with E-state index in [2.05, 4.69) is 32.5 Å². The summed E-state index contributed by atoms with van der Waals surface area (Å²) in [7, 11) is 1.44. The second kappa shape index (κ2) is 13.5. The standard InChI is InChI=1S/C35H39FN6O3/c1-45-29-17-16-25(36)18-28(29)35(44)39-20-22-12-14-23(15-13-22)32-31-33-24(21-38-34(31)37)8-5-3-2-4-6-11-30(43)40-26-9-7-10-27(19-26)42(33)41-32/h5,8,12-18,21,26-27H,2-4,6-7,9-11,19-20H2,1H3,(H2,37,38)(H,39,44)(H,40,43)/b8-5+/t26-,27-/m1/s1. The number of amides is 2. The highest BCUT2D eigenvalue weighted by Crippen LogP contribution is 2.39. The summed E-state index contributed by atoms with van der Waals surface area (Å²) in [5.41, 5.74) is 11.1. The Labute approximate surface area is 262 Å². The number of fused-ring (bicyclic) bond motifs is 3. The number of nitrogens with zero attached hydrogens (tertiary/aromatic N) is 3. The van der Waals surface area contributed by atoms with Crippen molar-refractivity contribution in [1.82, 2.24) is 25.4 Å². The average Bonchev–Trinajstić information content (AvgIpc) is 3.46. The van der Waals surface area contributed by atoms with Crippen LogP contribution in [0, 0.1) is 5.82 Å². The molecule has 0 saturated heterocycles. The summed E-state index contributed by atoms with van der Waals surface area (Å²) >= 11 is 0. The number of nitrogen functional groups attached to an aromatic ring is 1. The lowest BCUT2D eigenvalue weighted by molar-refractivity contribution is -0.122. The average molecular weight is 611 g/mol. The fourth-order valence-electron chi connectivity index (χ4n) is 6.47. The van der Waals surface area contributed by atoms with Gasteiger partial charge in [0.15, 0.2) is 0 Å². The third kappa shape index (κ3) is 6.69. The number of aromatic nitrogens is 3. The number of hydrogen-bond acceptors (Lipinski definition) is 6. The molecule has 2 aromatic carbocycles. The Morgan fingerprint density at radius 1 is 1.13 bits per heavy atom. The zero-order chi connectivity index (χ0) is 31.3. The van der Waals surface area contributed by atoms with E-state index in [9.17, 15) is 14.0 Å². The lowest BCUT2D eigenvalue weighted by Crippen LogP contribution is -2.39. The van der Waals surface area contributed by atoms with Gasteiger partial charge in [0.1, 0.15) is 23.1 Å². The van der Waals surface area contributed by atoms with E-state index in [1.54, 1.807) is 0 Å². The summed E-state index contributed by atoms with van der Waals surface area (Å²) < 4.78 is 21.1. The van der Waals surface area contributed by atoms with E-state index >= 15 is 0 Å². The molecule has 4 N–H and O–H groups in total. The fraction of sp³-hybridized carbons (Fsp3) is 0.371. The number of rotatable bonds is 5. The molecule has 9 nitrogen and oxygen atoms in total. The molecule has 2 bridgehead atoms. The molecule has 2 aromatic heterocycles. The second-order valence-electron chi connectivity index (χ2n) is 11.9. The van der Waals surface area contributed by atoms with E-state index in [-0.39, 0.29) is 30.1 Å². The molecule has 10 heteroatoms. The monoisotopic (exact) mass is 610 g/mol. The van der Waals surface area contributed by atoms with Crippen molar-refractivity contribution < 1.29 is 18.7 Å². The molecule has 1 saturated carbocycles. The van der Waals surface area contributed by atoms with Crippen molar-refractivity contribution in [3.05, 3.63) is 77.2 Å². The SMILES string of the molecule is COc1ccc(F)cc1C(=O)NCc1ccc(-c2nn3c4c(cnc(N)c24)/C=C/CCCCCC(=O)N[C@@H]2CCC[C@@H]3C2)cc1. The minimum absolute atomic E-state index is 0.105. The lowest BCUT2D eigenvalue weighted by atomic mass is 9.90. The lowest BCUT2D eigenvalue weighted by Gasteiger charge is -2.30. The minimum atomic E-state index is -0.507. The van der Waals surface area contributed by atoms with Crippen LogP contribution in [-0.2, 0) is 11.3 Å². The number of benzene rings is 2. The number of nitrogens with one attached hydrogen (secondary N) is 2. The first kappa shape index (κ1) is 30.3. The highest BCUT2D eigenvalue weighted by atomic mass is 19.1. The molecule has 1 fully saturated rings. The van der Waals surface area contributed by atoms with Crippen LogP contribution in [0.5, 0.6) is 5.75 Å². The summed E-state index contributed by atoms with van der Waals surface area (Å²) in [6.45, 7) is 0.252. The second-order valence-corrected chi connectivity index (χ2v) is 11.9. The topological polar surface area (TPSA) is 124 Å². The van der Waals surface area contributed by atoms with Crippen LogP contribution in [-0.4, -0.2) is 39.7 Å². The van der Waals surface area contributed by atoms with Gasteiger partial charge in [0, 0.05) is 36.3 Å². The third-order valence-corrected chi connectivity index (χ3v) is 8.80. The summed E-state index contributed by atoms with van der Waals surface area (Å²) in [4.78, 5) is 30.0. The molecule has 6 rings (SSSR count). The number of pyridine rings is 1. The first-order valence-electron chi connectivity index (χ1n) is 15.7. The van der Waals surface area contributed by atoms with Gasteiger partial charge in [-0.2, -0.15) is 5.10 Å². The van der Waals surface area contributed by atoms with Gasteiger partial charge in [0.05, 0.1) is 29.6 Å². The molecule has 0 radical (unpaired) electrons. The van der Waals surface area contributed by atoms with Crippen LogP contribution >= 0.6 is 0 Å². The molecule has 234 valence electrons. The Hall–Kier alpha value is -4.73. The third-order valence-electron chi connectivity index (χ3n) is 8.80. The molecule has 2 aliphatic rings. The zero-order valence-corrected chi connectivity index (χ0v) is 25.5. The van der Waals surface area contributed by atoms with Crippen molar-refractivity contribution in [3.63, 3.8) is 0 Å². The summed E-state index contributed by atoms with van der Waals surface area (Å²) in [5, 5.41) is 12.1. The van der Waals surface area contributed by atoms with Crippen molar-refractivity contribution in [2.45, 2.75) is 76.4 Å². The Morgan fingerprint density at radius 2 is 1.98 bits per heavy atom. The van der Waals surface area contributed by atoms with Gasteiger partial charge in [-0.05, 0) is 68.7 Å². The molecule has 4 aromatic rings. The highest BCUT2D eigenvalue weighted by Gasteiger charge is 2.29. The summed E-state index contributed by atoms with van der Waals surface area (Å²) in [6, 6.07) is 11.9. The van der Waals surface area contributed by atoms with Crippen molar-refractivity contribution in [1.29, 1.82) is 0 Å². The molecule has 0 unspecified atom stereocenters. The largest absolute Gasteiger partial charge is 0.496 e. The fourth-order valence-corrected chi connectivity index (χ4v) is 6.47. The molecule has 0 spiro atoms. The molecule has 3 heterocycles. The van der Waals surface area contributed by atoms with Crippen molar-refractivity contribution >= 4 is 34.6 Å². The highest BCUT2D eigenvalue weighted by molar-refractivity contribution is 6.03. The van der Waals surface area contributed by atoms with Crippen LogP contribution in [0.25, 0.3) is 28.2 Å². The molecule has 2 atom stereocenters. The summed E-state index contributed by atoms with van der Waals surface area (Å²) in [5.74, 6) is -0.0680. The number of methoxy groups -OCH3 is 1. The molecule has 45 heavy (non-hydrogen) atoms. The minimum Gasteiger partial charge on any atom is -0.496 e. The Balaban J connectivity index is 1.32. The van der Waals surface area contributed by atoms with Crippen LogP contribution in [0.3, 0.4) is 0 Å². The van der Waals surface area contributed by atoms with E-state index < -0.39 is 11.7 Å². The van der Waals surface area contributed by atoms with E-state index in [1.165, 1.54) is 19.2 Å². The maximum Gasteiger partial charge on any atom is 0.255 e. The van der Waals surface area contributed by atoms with Crippen LogP contribution in [0.4, 0.5) is 10.2 Å². The first-order valence-corrected chi connectivity index (χ1v) is 15.7. The van der Waals surface area contributed by atoms with E-state index in [1.807, 2.05) is 30.5 Å². The predicted molar refractivity (Wildman–Crippen MR) is 173 cm³/mol. The first-order chi connectivity index (χ1) is 21.9. The Morgan fingerprint density at radius 3 is 2.80 bits per heavy atom. The van der Waals surface area contributed by atoms with Gasteiger partial charge in [0.2, 0.25) is 5.91 Å². The van der Waals surface area contributed by atoms with Gasteiger partial charge < -0.3 is 21.1 Å². The van der Waals surface area contributed by atoms with Gasteiger partial charge in [-0.25, -0.2) is 9.37 Å². The van der Waals surface area contributed by atoms with Crippen LogP contribution in [0.15, 0.2) is 54.7 Å². The van der Waals surface area contributed by atoms with Crippen LogP contribution in [0.1, 0.15) is 85.3 Å². The Bertz CT molecular complexity index is 1730. The smallest absolute Gasteiger partial charge is 0.255 e. The van der Waals surface area contributed by atoms with Gasteiger partial charge in [0.25, 0.3) is 5.91 Å². The maximum atomic E-state index is 13.8. The van der Waals surface area contributed by atoms with Gasteiger partial charge in [-0.1, -0.05) is 42.8 Å².